The smallest absolute Gasteiger partial charge is 0.461 e. The third kappa shape index (κ3) is 5.82. The first kappa shape index (κ1) is 17.6. The Morgan fingerprint density at radius 3 is 1.52 bits per heavy atom. The summed E-state index contributed by atoms with van der Waals surface area (Å²) in [6.07, 6.45) is -0.326. The van der Waals surface area contributed by atoms with Crippen LogP contribution >= 0.6 is 7.82 Å². The maximum absolute atomic E-state index is 11.9. The van der Waals surface area contributed by atoms with Crippen LogP contribution in [-0.4, -0.2) is 41.4 Å². The molecule has 0 radical (unpaired) electrons. The molecule has 10 heteroatoms. The molecule has 0 saturated carbocycles. The summed E-state index contributed by atoms with van der Waals surface area (Å²) in [6, 6.07) is -0.294. The lowest BCUT2D eigenvalue weighted by Crippen LogP contribution is -2.13. The van der Waals surface area contributed by atoms with Crippen molar-refractivity contribution in [2.75, 3.05) is 14.2 Å². The molecule has 0 aliphatic rings. The fraction of sp³-hybridized carbons (Fsp3) is 0.727. The molecular formula is C11H20N3O6P. The molecule has 0 atom stereocenters. The van der Waals surface area contributed by atoms with Crippen LogP contribution in [-0.2, 0) is 13.6 Å². The van der Waals surface area contributed by atoms with E-state index in [0.29, 0.717) is 0 Å². The highest BCUT2D eigenvalue weighted by Gasteiger charge is 2.27. The summed E-state index contributed by atoms with van der Waals surface area (Å²) in [6.45, 7) is 7.23. The van der Waals surface area contributed by atoms with Gasteiger partial charge in [0.2, 0.25) is 0 Å². The van der Waals surface area contributed by atoms with Crippen LogP contribution in [0.4, 0.5) is 0 Å². The molecule has 0 saturated heterocycles. The Balaban J connectivity index is 3.08. The summed E-state index contributed by atoms with van der Waals surface area (Å²) in [5.74, 6) is 0. The molecule has 0 aromatic carbocycles. The van der Waals surface area contributed by atoms with Gasteiger partial charge in [-0.15, -0.1) is 15.0 Å². The number of phosphoric ester groups is 1. The average molecular weight is 321 g/mol. The van der Waals surface area contributed by atoms with Gasteiger partial charge in [0.15, 0.2) is 0 Å². The SMILES string of the molecule is COP(=O)(OC)Oc1nc(OC(C)C)nc(OC(C)C)n1. The van der Waals surface area contributed by atoms with Crippen molar-refractivity contribution in [3.05, 3.63) is 0 Å². The van der Waals surface area contributed by atoms with E-state index in [1.54, 1.807) is 0 Å². The largest absolute Gasteiger partial charge is 0.531 e. The number of ether oxygens (including phenoxy) is 2. The van der Waals surface area contributed by atoms with E-state index in [0.717, 1.165) is 0 Å². The van der Waals surface area contributed by atoms with E-state index in [4.69, 9.17) is 14.0 Å². The number of rotatable bonds is 8. The van der Waals surface area contributed by atoms with E-state index in [2.05, 4.69) is 24.0 Å². The summed E-state index contributed by atoms with van der Waals surface area (Å²) in [7, 11) is -1.41. The van der Waals surface area contributed by atoms with Gasteiger partial charge in [-0.2, -0.15) is 0 Å². The van der Waals surface area contributed by atoms with Crippen LogP contribution in [0.1, 0.15) is 27.7 Å². The molecule has 0 fully saturated rings. The van der Waals surface area contributed by atoms with Gasteiger partial charge in [0.25, 0.3) is 0 Å². The van der Waals surface area contributed by atoms with Crippen molar-refractivity contribution >= 4 is 7.82 Å². The van der Waals surface area contributed by atoms with Gasteiger partial charge >= 0.3 is 25.9 Å². The zero-order valence-electron chi connectivity index (χ0n) is 12.9. The van der Waals surface area contributed by atoms with Gasteiger partial charge in [-0.25, -0.2) is 4.57 Å². The Hall–Kier alpha value is -1.44. The summed E-state index contributed by atoms with van der Waals surface area (Å²) in [4.78, 5) is 11.7. The van der Waals surface area contributed by atoms with Gasteiger partial charge in [0, 0.05) is 14.2 Å². The van der Waals surface area contributed by atoms with Gasteiger partial charge in [-0.3, -0.25) is 9.05 Å². The van der Waals surface area contributed by atoms with Crippen molar-refractivity contribution in [3.8, 4) is 18.0 Å². The molecule has 0 N–H and O–H groups in total. The summed E-state index contributed by atoms with van der Waals surface area (Å²) in [5, 5.41) is 0. The molecule has 1 aromatic rings. The van der Waals surface area contributed by atoms with Crippen molar-refractivity contribution in [1.29, 1.82) is 0 Å². The topological polar surface area (TPSA) is 102 Å². The predicted octanol–water partition coefficient (Wildman–Crippen LogP) is 2.23. The zero-order valence-corrected chi connectivity index (χ0v) is 13.8. The average Bonchev–Trinajstić information content (AvgIpc) is 2.36. The van der Waals surface area contributed by atoms with E-state index in [1.807, 2.05) is 27.7 Å². The Labute approximate surface area is 123 Å². The van der Waals surface area contributed by atoms with Crippen LogP contribution in [0.25, 0.3) is 0 Å². The number of hydrogen-bond acceptors (Lipinski definition) is 9. The van der Waals surface area contributed by atoms with Gasteiger partial charge in [0.05, 0.1) is 12.2 Å². The monoisotopic (exact) mass is 321 g/mol. The van der Waals surface area contributed by atoms with E-state index in [-0.39, 0.29) is 30.2 Å². The van der Waals surface area contributed by atoms with Crippen molar-refractivity contribution in [2.45, 2.75) is 39.9 Å². The van der Waals surface area contributed by atoms with Crippen molar-refractivity contribution in [2.24, 2.45) is 0 Å². The fourth-order valence-corrected chi connectivity index (χ4v) is 1.72. The van der Waals surface area contributed by atoms with Gasteiger partial charge in [0.1, 0.15) is 0 Å². The highest BCUT2D eigenvalue weighted by molar-refractivity contribution is 7.48. The number of nitrogens with zero attached hydrogens (tertiary/aromatic N) is 3. The van der Waals surface area contributed by atoms with Gasteiger partial charge in [-0.05, 0) is 27.7 Å². The van der Waals surface area contributed by atoms with Crippen LogP contribution in [0.3, 0.4) is 0 Å². The maximum Gasteiger partial charge on any atom is 0.531 e. The molecule has 1 aromatic heterocycles. The molecule has 120 valence electrons. The molecule has 0 amide bonds. The molecule has 0 spiro atoms. The van der Waals surface area contributed by atoms with E-state index in [9.17, 15) is 4.57 Å². The van der Waals surface area contributed by atoms with Crippen LogP contribution in [0, 0.1) is 0 Å². The van der Waals surface area contributed by atoms with Crippen LogP contribution < -0.4 is 14.0 Å². The lowest BCUT2D eigenvalue weighted by molar-refractivity contribution is 0.183. The molecule has 0 aliphatic carbocycles. The molecule has 0 bridgehead atoms. The van der Waals surface area contributed by atoms with E-state index < -0.39 is 7.82 Å². The van der Waals surface area contributed by atoms with Gasteiger partial charge in [-0.1, -0.05) is 0 Å². The molecule has 1 rings (SSSR count). The third-order valence-electron chi connectivity index (χ3n) is 1.90. The Kier molecular flexibility index (Phi) is 6.32. The lowest BCUT2D eigenvalue weighted by atomic mass is 10.5. The van der Waals surface area contributed by atoms with Crippen LogP contribution in [0.5, 0.6) is 18.0 Å². The Morgan fingerprint density at radius 1 is 0.810 bits per heavy atom. The third-order valence-corrected chi connectivity index (χ3v) is 3.18. The molecule has 0 unspecified atom stereocenters. The standard InChI is InChI=1S/C11H20N3O6P/c1-7(2)18-9-12-10(19-8(3)4)14-11(13-9)20-21(15,16-5)17-6/h7-8H,1-6H3. The summed E-state index contributed by atoms with van der Waals surface area (Å²) >= 11 is 0. The van der Waals surface area contributed by atoms with E-state index >= 15 is 0 Å². The zero-order chi connectivity index (χ0) is 16.0. The second-order valence-electron chi connectivity index (χ2n) is 4.42. The predicted molar refractivity (Wildman–Crippen MR) is 73.6 cm³/mol. The summed E-state index contributed by atoms with van der Waals surface area (Å²) < 4.78 is 37.0. The molecule has 9 nitrogen and oxygen atoms in total. The minimum atomic E-state index is -3.78. The number of hydrogen-bond donors (Lipinski definition) is 0. The van der Waals surface area contributed by atoms with Crippen molar-refractivity contribution in [3.63, 3.8) is 0 Å². The van der Waals surface area contributed by atoms with Gasteiger partial charge < -0.3 is 14.0 Å². The highest BCUT2D eigenvalue weighted by atomic mass is 31.2. The minimum Gasteiger partial charge on any atom is -0.461 e. The molecule has 0 aliphatic heterocycles. The molecule has 1 heterocycles. The van der Waals surface area contributed by atoms with Crippen LogP contribution in [0.15, 0.2) is 0 Å². The van der Waals surface area contributed by atoms with E-state index in [1.165, 1.54) is 14.2 Å². The Bertz CT molecular complexity index is 474. The quantitative estimate of drug-likeness (QED) is 0.667. The second kappa shape index (κ2) is 7.53. The number of phosphoric acid groups is 1. The lowest BCUT2D eigenvalue weighted by Gasteiger charge is -2.15. The summed E-state index contributed by atoms with van der Waals surface area (Å²) in [5.41, 5.74) is 0. The fourth-order valence-electron chi connectivity index (χ4n) is 1.14. The number of aromatic nitrogens is 3. The second-order valence-corrected chi connectivity index (χ2v) is 6.23. The first-order valence-electron chi connectivity index (χ1n) is 6.28. The molecule has 21 heavy (non-hydrogen) atoms. The first-order valence-corrected chi connectivity index (χ1v) is 7.74. The molecular weight excluding hydrogens is 301 g/mol. The van der Waals surface area contributed by atoms with Crippen LogP contribution in [0.2, 0.25) is 0 Å². The Morgan fingerprint density at radius 2 is 1.19 bits per heavy atom. The first-order chi connectivity index (χ1) is 9.78. The highest BCUT2D eigenvalue weighted by Crippen LogP contribution is 2.47. The normalized spacial score (nSPS) is 11.8. The minimum absolute atomic E-state index is 0.00981. The maximum atomic E-state index is 11.9. The van der Waals surface area contributed by atoms with Crippen molar-refractivity contribution < 1.29 is 27.6 Å². The van der Waals surface area contributed by atoms with Crippen molar-refractivity contribution in [1.82, 2.24) is 15.0 Å².